The number of hydrogen-bond donors (Lipinski definition) is 1. The maximum absolute atomic E-state index is 12.9. The molecular weight excluding hydrogens is 546 g/mol. The normalized spacial score (nSPS) is 27.6. The number of halogens is 3. The Hall–Kier alpha value is -2.80. The molecule has 2 bridgehead atoms. The van der Waals surface area contributed by atoms with E-state index in [1.54, 1.807) is 12.1 Å². The van der Waals surface area contributed by atoms with Gasteiger partial charge in [-0.3, -0.25) is 9.59 Å². The van der Waals surface area contributed by atoms with Crippen molar-refractivity contribution in [1.29, 1.82) is 0 Å². The van der Waals surface area contributed by atoms with Gasteiger partial charge in [0.15, 0.2) is 0 Å². The number of methoxy groups -OCH3 is 1. The number of amides is 1. The Labute approximate surface area is 237 Å². The van der Waals surface area contributed by atoms with Gasteiger partial charge in [0.05, 0.1) is 31.2 Å². The highest BCUT2D eigenvalue weighted by molar-refractivity contribution is 6.48. The average molecular weight is 583 g/mol. The Bertz CT molecular complexity index is 1180. The lowest BCUT2D eigenvalue weighted by molar-refractivity contribution is -0.199. The third-order valence-corrected chi connectivity index (χ3v) is 8.84. The number of carbonyl (C=O) groups excluding carboxylic acids is 3. The largest absolute Gasteiger partial charge is 0.496 e. The third-order valence-electron chi connectivity index (χ3n) is 8.84. The average Bonchev–Trinajstić information content (AvgIpc) is 3.23. The minimum atomic E-state index is -4.48. The summed E-state index contributed by atoms with van der Waals surface area (Å²) in [5.74, 6) is -2.25. The minimum absolute atomic E-state index is 0.0342. The van der Waals surface area contributed by atoms with E-state index in [2.05, 4.69) is 19.2 Å². The lowest BCUT2D eigenvalue weighted by atomic mass is 9.43. The van der Waals surface area contributed by atoms with Gasteiger partial charge in [-0.2, -0.15) is 13.2 Å². The monoisotopic (exact) mass is 583 g/mol. The van der Waals surface area contributed by atoms with Gasteiger partial charge in [-0.1, -0.05) is 26.0 Å². The van der Waals surface area contributed by atoms with Gasteiger partial charge < -0.3 is 28.8 Å². The maximum atomic E-state index is 12.9. The van der Waals surface area contributed by atoms with Gasteiger partial charge in [0.25, 0.3) is 0 Å². The number of hydrogen-bond acceptors (Lipinski definition) is 8. The first-order valence-corrected chi connectivity index (χ1v) is 13.8. The van der Waals surface area contributed by atoms with E-state index in [0.29, 0.717) is 11.5 Å². The second-order valence-electron chi connectivity index (χ2n) is 11.9. The van der Waals surface area contributed by atoms with E-state index in [0.717, 1.165) is 12.8 Å². The van der Waals surface area contributed by atoms with Crippen molar-refractivity contribution in [2.45, 2.75) is 96.8 Å². The van der Waals surface area contributed by atoms with Crippen LogP contribution in [0.4, 0.5) is 13.2 Å². The molecule has 1 aromatic carbocycles. The molecule has 41 heavy (non-hydrogen) atoms. The Kier molecular flexibility index (Phi) is 8.71. The van der Waals surface area contributed by atoms with Crippen LogP contribution >= 0.6 is 0 Å². The maximum Gasteiger partial charge on any atom is 0.482 e. The minimum Gasteiger partial charge on any atom is -0.496 e. The Morgan fingerprint density at radius 1 is 1.17 bits per heavy atom. The predicted molar refractivity (Wildman–Crippen MR) is 141 cm³/mol. The van der Waals surface area contributed by atoms with Gasteiger partial charge in [-0.05, 0) is 55.1 Å². The summed E-state index contributed by atoms with van der Waals surface area (Å²) in [4.78, 5) is 36.8. The van der Waals surface area contributed by atoms with E-state index in [9.17, 15) is 27.6 Å². The van der Waals surface area contributed by atoms with Crippen LogP contribution < -0.4 is 10.1 Å². The predicted octanol–water partition coefficient (Wildman–Crippen LogP) is 4.40. The first-order valence-electron chi connectivity index (χ1n) is 13.8. The van der Waals surface area contributed by atoms with E-state index in [4.69, 9.17) is 23.5 Å². The molecule has 226 valence electrons. The zero-order chi connectivity index (χ0) is 30.3. The van der Waals surface area contributed by atoms with Gasteiger partial charge >= 0.3 is 25.2 Å². The fourth-order valence-electron chi connectivity index (χ4n) is 6.68. The van der Waals surface area contributed by atoms with Crippen LogP contribution in [0.5, 0.6) is 5.75 Å². The van der Waals surface area contributed by atoms with Crippen LogP contribution in [0.3, 0.4) is 0 Å². The zero-order valence-electron chi connectivity index (χ0n) is 24.1. The molecule has 1 aliphatic heterocycles. The first kappa shape index (κ1) is 31.1. The lowest BCUT2D eigenvalue weighted by Crippen LogP contribution is -2.65. The molecular formula is C28H37BF3NO8. The molecule has 6 atom stereocenters. The third kappa shape index (κ3) is 6.50. The van der Waals surface area contributed by atoms with Crippen molar-refractivity contribution in [3.8, 4) is 5.75 Å². The standard InChI is InChI=1S/C28H37BF3NO8/c1-15(34)38-16(2)39-25(36)19-9-7-8-17(24(19)37-6)12-22(33-23(35)10-11-28(30,31)32)29-40-21-14-18-13-20(26(18,3)4)27(21,5)41-29/h7-9,16,18,20-22H,10-14H2,1-6H3,(H,33,35). The summed E-state index contributed by atoms with van der Waals surface area (Å²) in [5, 5.41) is 2.69. The number of rotatable bonds is 10. The van der Waals surface area contributed by atoms with Gasteiger partial charge in [-0.15, -0.1) is 0 Å². The van der Waals surface area contributed by atoms with E-state index in [-0.39, 0.29) is 35.2 Å². The topological polar surface area (TPSA) is 109 Å². The highest BCUT2D eigenvalue weighted by Crippen LogP contribution is 2.65. The number of nitrogens with one attached hydrogen (secondary N) is 1. The van der Waals surface area contributed by atoms with Crippen LogP contribution in [0.25, 0.3) is 0 Å². The highest BCUT2D eigenvalue weighted by atomic mass is 19.4. The summed E-state index contributed by atoms with van der Waals surface area (Å²) in [5.41, 5.74) is -0.0287. The summed E-state index contributed by atoms with van der Waals surface area (Å²) in [6.45, 7) is 8.99. The highest BCUT2D eigenvalue weighted by Gasteiger charge is 2.68. The quantitative estimate of drug-likeness (QED) is 0.245. The number of ether oxygens (including phenoxy) is 3. The van der Waals surface area contributed by atoms with Gasteiger partial charge in [0, 0.05) is 20.3 Å². The molecule has 1 aromatic rings. The van der Waals surface area contributed by atoms with Crippen molar-refractivity contribution >= 4 is 25.0 Å². The molecule has 1 amide bonds. The summed E-state index contributed by atoms with van der Waals surface area (Å²) in [6.07, 6.45) is -6.03. The fraction of sp³-hybridized carbons (Fsp3) is 0.679. The molecule has 4 aliphatic rings. The molecule has 0 spiro atoms. The number of para-hydroxylation sites is 1. The molecule has 3 aliphatic carbocycles. The number of alkyl halides is 3. The van der Waals surface area contributed by atoms with Crippen LogP contribution in [-0.2, 0) is 34.8 Å². The Morgan fingerprint density at radius 3 is 2.49 bits per heavy atom. The van der Waals surface area contributed by atoms with E-state index < -0.39 is 61.8 Å². The molecule has 1 saturated heterocycles. The van der Waals surface area contributed by atoms with Crippen LogP contribution in [0.1, 0.15) is 76.2 Å². The molecule has 1 N–H and O–H groups in total. The summed E-state index contributed by atoms with van der Waals surface area (Å²) in [6, 6.07) is 4.72. The van der Waals surface area contributed by atoms with Crippen LogP contribution in [-0.4, -0.2) is 62.2 Å². The second-order valence-corrected chi connectivity index (χ2v) is 11.9. The summed E-state index contributed by atoms with van der Waals surface area (Å²) < 4.78 is 67.0. The Balaban J connectivity index is 1.58. The molecule has 13 heteroatoms. The molecule has 4 fully saturated rings. The molecule has 6 unspecified atom stereocenters. The van der Waals surface area contributed by atoms with Crippen LogP contribution in [0.2, 0.25) is 0 Å². The summed E-state index contributed by atoms with van der Waals surface area (Å²) >= 11 is 0. The summed E-state index contributed by atoms with van der Waals surface area (Å²) in [7, 11) is 0.425. The van der Waals surface area contributed by atoms with E-state index >= 15 is 0 Å². The number of benzene rings is 1. The van der Waals surface area contributed by atoms with E-state index in [1.165, 1.54) is 27.0 Å². The zero-order valence-corrected chi connectivity index (χ0v) is 24.1. The van der Waals surface area contributed by atoms with Crippen LogP contribution in [0, 0.1) is 17.3 Å². The van der Waals surface area contributed by atoms with Crippen molar-refractivity contribution in [2.75, 3.05) is 7.11 Å². The van der Waals surface area contributed by atoms with Crippen molar-refractivity contribution in [2.24, 2.45) is 17.3 Å². The van der Waals surface area contributed by atoms with E-state index in [1.807, 2.05) is 6.92 Å². The van der Waals surface area contributed by atoms with Gasteiger partial charge in [0.2, 0.25) is 12.2 Å². The lowest BCUT2D eigenvalue weighted by Gasteiger charge is -2.64. The van der Waals surface area contributed by atoms with Crippen molar-refractivity contribution in [3.05, 3.63) is 29.3 Å². The second kappa shape index (κ2) is 11.5. The number of esters is 2. The number of carbonyl (C=O) groups is 3. The van der Waals surface area contributed by atoms with Crippen molar-refractivity contribution in [1.82, 2.24) is 5.32 Å². The molecule has 1 heterocycles. The SMILES string of the molecule is COc1c(CC(NC(=O)CCC(F)(F)F)B2OC3CC4CC(C4(C)C)C3(C)O2)cccc1C(=O)OC(C)OC(C)=O. The first-order chi connectivity index (χ1) is 19.0. The fourth-order valence-corrected chi connectivity index (χ4v) is 6.68. The molecule has 3 saturated carbocycles. The molecule has 9 nitrogen and oxygen atoms in total. The smallest absolute Gasteiger partial charge is 0.482 e. The Morgan fingerprint density at radius 2 is 1.88 bits per heavy atom. The van der Waals surface area contributed by atoms with Crippen molar-refractivity contribution in [3.63, 3.8) is 0 Å². The molecule has 5 rings (SSSR count). The van der Waals surface area contributed by atoms with Crippen LogP contribution in [0.15, 0.2) is 18.2 Å². The molecule has 0 radical (unpaired) electrons. The van der Waals surface area contributed by atoms with Gasteiger partial charge in [0.1, 0.15) is 11.3 Å². The van der Waals surface area contributed by atoms with Crippen molar-refractivity contribution < 1.29 is 51.1 Å². The molecule has 0 aromatic heterocycles. The van der Waals surface area contributed by atoms with Gasteiger partial charge in [-0.25, -0.2) is 4.79 Å².